The Bertz CT molecular complexity index is 690. The van der Waals surface area contributed by atoms with E-state index in [0.717, 1.165) is 22.6 Å². The summed E-state index contributed by atoms with van der Waals surface area (Å²) >= 11 is 1.44. The number of hydrogen-bond acceptors (Lipinski definition) is 4. The lowest BCUT2D eigenvalue weighted by atomic mass is 10.1. The average Bonchev–Trinajstić information content (AvgIpc) is 2.94. The Morgan fingerprint density at radius 3 is 2.82 bits per heavy atom. The van der Waals surface area contributed by atoms with E-state index in [1.165, 1.54) is 17.4 Å². The smallest absolute Gasteiger partial charge is 0.250 e. The molecule has 0 aliphatic rings. The van der Waals surface area contributed by atoms with E-state index in [4.69, 9.17) is 4.74 Å². The van der Waals surface area contributed by atoms with Crippen LogP contribution in [0.4, 0.5) is 5.13 Å². The zero-order chi connectivity index (χ0) is 16.1. The average molecular weight is 316 g/mol. The van der Waals surface area contributed by atoms with Gasteiger partial charge in [0, 0.05) is 17.0 Å². The number of hydrogen-bond donors (Lipinski definition) is 1. The van der Waals surface area contributed by atoms with Crippen molar-refractivity contribution < 1.29 is 9.53 Å². The van der Waals surface area contributed by atoms with E-state index < -0.39 is 0 Å². The molecule has 116 valence electrons. The van der Waals surface area contributed by atoms with E-state index in [1.54, 1.807) is 13.2 Å². The van der Waals surface area contributed by atoms with Crippen molar-refractivity contribution in [3.63, 3.8) is 0 Å². The van der Waals surface area contributed by atoms with E-state index in [2.05, 4.69) is 24.1 Å². The number of methoxy groups -OCH3 is 1. The van der Waals surface area contributed by atoms with Gasteiger partial charge in [-0.15, -0.1) is 11.3 Å². The summed E-state index contributed by atoms with van der Waals surface area (Å²) < 4.78 is 5.29. The van der Waals surface area contributed by atoms with Gasteiger partial charge < -0.3 is 4.74 Å². The maximum absolute atomic E-state index is 12.0. The predicted molar refractivity (Wildman–Crippen MR) is 91.6 cm³/mol. The largest absolute Gasteiger partial charge is 0.496 e. The Labute approximate surface area is 134 Å². The molecule has 1 N–H and O–H groups in total. The molecule has 1 heterocycles. The molecule has 2 aromatic rings. The molecule has 0 spiro atoms. The molecule has 0 fully saturated rings. The van der Waals surface area contributed by atoms with Crippen molar-refractivity contribution >= 4 is 28.5 Å². The third-order valence-corrected chi connectivity index (χ3v) is 3.92. The Kier molecular flexibility index (Phi) is 5.33. The number of thiazole rings is 1. The molecule has 0 radical (unpaired) electrons. The van der Waals surface area contributed by atoms with Crippen molar-refractivity contribution in [1.82, 2.24) is 4.98 Å². The minimum absolute atomic E-state index is 0.201. The fourth-order valence-corrected chi connectivity index (χ4v) is 2.78. The maximum atomic E-state index is 12.0. The van der Waals surface area contributed by atoms with Gasteiger partial charge in [-0.2, -0.15) is 0 Å². The Morgan fingerprint density at radius 1 is 1.41 bits per heavy atom. The molecular weight excluding hydrogens is 296 g/mol. The highest BCUT2D eigenvalue weighted by Gasteiger charge is 2.07. The Hall–Kier alpha value is -2.14. The second-order valence-electron chi connectivity index (χ2n) is 5.30. The van der Waals surface area contributed by atoms with Crippen LogP contribution in [0.1, 0.15) is 36.6 Å². The summed E-state index contributed by atoms with van der Waals surface area (Å²) in [6.07, 6.45) is 3.24. The third-order valence-electron chi connectivity index (χ3n) is 3.14. The zero-order valence-corrected chi connectivity index (χ0v) is 14.0. The van der Waals surface area contributed by atoms with Gasteiger partial charge in [-0.25, -0.2) is 4.98 Å². The van der Waals surface area contributed by atoms with Gasteiger partial charge in [0.15, 0.2) is 5.13 Å². The number of nitrogens with zero attached hydrogens (tertiary/aromatic N) is 1. The van der Waals surface area contributed by atoms with Crippen molar-refractivity contribution in [3.8, 4) is 5.75 Å². The van der Waals surface area contributed by atoms with E-state index >= 15 is 0 Å². The van der Waals surface area contributed by atoms with Crippen molar-refractivity contribution in [2.45, 2.75) is 26.7 Å². The number of aryl methyl sites for hydroxylation is 1. The van der Waals surface area contributed by atoms with Crippen molar-refractivity contribution in [2.24, 2.45) is 0 Å². The lowest BCUT2D eigenvalue weighted by Crippen LogP contribution is -2.07. The zero-order valence-electron chi connectivity index (χ0n) is 13.2. The van der Waals surface area contributed by atoms with Crippen LogP contribution in [0.5, 0.6) is 5.75 Å². The summed E-state index contributed by atoms with van der Waals surface area (Å²) in [5.74, 6) is 0.896. The summed E-state index contributed by atoms with van der Waals surface area (Å²) in [4.78, 5) is 16.4. The third kappa shape index (κ3) is 4.18. The first-order valence-electron chi connectivity index (χ1n) is 7.08. The molecule has 0 saturated carbocycles. The van der Waals surface area contributed by atoms with Crippen LogP contribution < -0.4 is 10.1 Å². The maximum Gasteiger partial charge on any atom is 0.250 e. The van der Waals surface area contributed by atoms with Crippen LogP contribution >= 0.6 is 11.3 Å². The molecule has 1 amide bonds. The molecule has 5 heteroatoms. The highest BCUT2D eigenvalue weighted by Crippen LogP contribution is 2.22. The van der Waals surface area contributed by atoms with Crippen LogP contribution in [-0.4, -0.2) is 18.0 Å². The number of carbonyl (C=O) groups is 1. The Morgan fingerprint density at radius 2 is 2.18 bits per heavy atom. The standard InChI is InChI=1S/C17H20N2O2S/c1-11(2)14-10-22-17(18-14)19-16(20)8-6-13-9-12(3)5-7-15(13)21-4/h5-11H,1-4H3,(H,18,19,20)/b8-6+. The number of benzene rings is 1. The first-order chi connectivity index (χ1) is 10.5. The van der Waals surface area contributed by atoms with Gasteiger partial charge in [-0.05, 0) is 31.1 Å². The number of amides is 1. The number of carbonyl (C=O) groups excluding carboxylic acids is 1. The predicted octanol–water partition coefficient (Wildman–Crippen LogP) is 4.24. The molecule has 0 saturated heterocycles. The lowest BCUT2D eigenvalue weighted by Gasteiger charge is -2.05. The molecule has 0 aliphatic carbocycles. The minimum atomic E-state index is -0.201. The van der Waals surface area contributed by atoms with Crippen LogP contribution in [-0.2, 0) is 4.79 Å². The van der Waals surface area contributed by atoms with Gasteiger partial charge in [-0.1, -0.05) is 25.5 Å². The van der Waals surface area contributed by atoms with Crippen LogP contribution in [0.2, 0.25) is 0 Å². The van der Waals surface area contributed by atoms with Crippen LogP contribution in [0, 0.1) is 6.92 Å². The highest BCUT2D eigenvalue weighted by molar-refractivity contribution is 7.14. The summed E-state index contributed by atoms with van der Waals surface area (Å²) in [6.45, 7) is 6.15. The number of nitrogens with one attached hydrogen (secondary N) is 1. The molecule has 22 heavy (non-hydrogen) atoms. The van der Waals surface area contributed by atoms with E-state index in [0.29, 0.717) is 11.0 Å². The second kappa shape index (κ2) is 7.22. The topological polar surface area (TPSA) is 51.2 Å². The molecule has 0 aliphatic heterocycles. The second-order valence-corrected chi connectivity index (χ2v) is 6.16. The summed E-state index contributed by atoms with van der Waals surface area (Å²) in [5.41, 5.74) is 2.98. The summed E-state index contributed by atoms with van der Waals surface area (Å²) in [5, 5.41) is 5.37. The first kappa shape index (κ1) is 16.2. The highest BCUT2D eigenvalue weighted by atomic mass is 32.1. The molecule has 0 bridgehead atoms. The van der Waals surface area contributed by atoms with Crippen molar-refractivity contribution in [2.75, 3.05) is 12.4 Å². The van der Waals surface area contributed by atoms with Gasteiger partial charge in [0.25, 0.3) is 0 Å². The minimum Gasteiger partial charge on any atom is -0.496 e. The van der Waals surface area contributed by atoms with Crippen molar-refractivity contribution in [3.05, 3.63) is 46.5 Å². The van der Waals surface area contributed by atoms with E-state index in [9.17, 15) is 4.79 Å². The molecule has 1 aromatic carbocycles. The quantitative estimate of drug-likeness (QED) is 0.840. The van der Waals surface area contributed by atoms with Gasteiger partial charge in [0.2, 0.25) is 5.91 Å². The number of ether oxygens (including phenoxy) is 1. The number of anilines is 1. The van der Waals surface area contributed by atoms with Crippen LogP contribution in [0.15, 0.2) is 29.7 Å². The molecular formula is C17H20N2O2S. The van der Waals surface area contributed by atoms with E-state index in [1.807, 2.05) is 30.5 Å². The van der Waals surface area contributed by atoms with Crippen molar-refractivity contribution in [1.29, 1.82) is 0 Å². The first-order valence-corrected chi connectivity index (χ1v) is 7.96. The molecule has 4 nitrogen and oxygen atoms in total. The molecule has 1 aromatic heterocycles. The normalized spacial score (nSPS) is 11.1. The summed E-state index contributed by atoms with van der Waals surface area (Å²) in [6, 6.07) is 5.84. The SMILES string of the molecule is COc1ccc(C)cc1/C=C/C(=O)Nc1nc(C(C)C)cs1. The van der Waals surface area contributed by atoms with Crippen LogP contribution in [0.25, 0.3) is 6.08 Å². The molecule has 0 unspecified atom stereocenters. The number of rotatable bonds is 5. The van der Waals surface area contributed by atoms with Gasteiger partial charge in [0.1, 0.15) is 5.75 Å². The number of aromatic nitrogens is 1. The van der Waals surface area contributed by atoms with Gasteiger partial charge in [-0.3, -0.25) is 10.1 Å². The van der Waals surface area contributed by atoms with E-state index in [-0.39, 0.29) is 5.91 Å². The summed E-state index contributed by atoms with van der Waals surface area (Å²) in [7, 11) is 1.62. The lowest BCUT2D eigenvalue weighted by molar-refractivity contribution is -0.111. The van der Waals surface area contributed by atoms with Gasteiger partial charge >= 0.3 is 0 Å². The Balaban J connectivity index is 2.06. The molecule has 2 rings (SSSR count). The fourth-order valence-electron chi connectivity index (χ4n) is 1.91. The monoisotopic (exact) mass is 316 g/mol. The fraction of sp³-hybridized carbons (Fsp3) is 0.294. The van der Waals surface area contributed by atoms with Crippen LogP contribution in [0.3, 0.4) is 0 Å². The molecule has 0 atom stereocenters. The van der Waals surface area contributed by atoms with Gasteiger partial charge in [0.05, 0.1) is 12.8 Å².